The second-order valence-electron chi connectivity index (χ2n) is 6.27. The van der Waals surface area contributed by atoms with Crippen LogP contribution in [0, 0.1) is 11.6 Å². The minimum atomic E-state index is -0.527. The molecule has 1 aromatic heterocycles. The number of esters is 1. The molecule has 0 aliphatic heterocycles. The number of pyridine rings is 1. The molecule has 2 atom stereocenters. The number of carbonyl (C=O) groups excluding carboxylic acids is 1. The molecular formula is C22H19F2NO2S. The van der Waals surface area contributed by atoms with E-state index >= 15 is 0 Å². The third-order valence-corrected chi connectivity index (χ3v) is 5.42. The van der Waals surface area contributed by atoms with Crippen molar-refractivity contribution in [1.82, 2.24) is 4.98 Å². The van der Waals surface area contributed by atoms with E-state index in [1.807, 2.05) is 6.92 Å². The van der Waals surface area contributed by atoms with Gasteiger partial charge in [0.05, 0.1) is 5.56 Å². The van der Waals surface area contributed by atoms with Crippen molar-refractivity contribution in [2.75, 3.05) is 0 Å². The highest BCUT2D eigenvalue weighted by Crippen LogP contribution is 2.36. The van der Waals surface area contributed by atoms with Gasteiger partial charge in [-0.1, -0.05) is 36.0 Å². The fourth-order valence-corrected chi connectivity index (χ4v) is 3.66. The van der Waals surface area contributed by atoms with E-state index in [1.54, 1.807) is 49.5 Å². The standard InChI is InChI=1S/C22H19F2NO2S/c1-14(16-5-9-18(23)10-6-16)27-22(26)20-4-3-13-25-21(20)28-15(2)17-7-11-19(24)12-8-17/h3-15H,1-2H3/t14-,15+/m1/s1. The summed E-state index contributed by atoms with van der Waals surface area (Å²) in [7, 11) is 0. The lowest BCUT2D eigenvalue weighted by molar-refractivity contribution is 0.0332. The molecule has 0 saturated carbocycles. The average molecular weight is 399 g/mol. The van der Waals surface area contributed by atoms with Gasteiger partial charge in [-0.25, -0.2) is 18.6 Å². The summed E-state index contributed by atoms with van der Waals surface area (Å²) >= 11 is 1.40. The molecule has 3 rings (SSSR count). The Balaban J connectivity index is 1.74. The minimum absolute atomic E-state index is 0.0310. The Morgan fingerprint density at radius 1 is 0.929 bits per heavy atom. The van der Waals surface area contributed by atoms with Gasteiger partial charge in [0.1, 0.15) is 22.8 Å². The lowest BCUT2D eigenvalue weighted by atomic mass is 10.1. The van der Waals surface area contributed by atoms with E-state index in [1.165, 1.54) is 36.0 Å². The fraction of sp³-hybridized carbons (Fsp3) is 0.182. The van der Waals surface area contributed by atoms with Gasteiger partial charge >= 0.3 is 5.97 Å². The van der Waals surface area contributed by atoms with Crippen LogP contribution in [0.2, 0.25) is 0 Å². The van der Waals surface area contributed by atoms with Crippen LogP contribution in [0.5, 0.6) is 0 Å². The molecule has 0 aliphatic rings. The highest BCUT2D eigenvalue weighted by atomic mass is 32.2. The number of ether oxygens (including phenoxy) is 1. The maximum absolute atomic E-state index is 13.1. The lowest BCUT2D eigenvalue weighted by Gasteiger charge is -2.16. The zero-order chi connectivity index (χ0) is 20.1. The summed E-state index contributed by atoms with van der Waals surface area (Å²) in [6.07, 6.45) is 1.08. The second-order valence-corrected chi connectivity index (χ2v) is 7.60. The fourth-order valence-electron chi connectivity index (χ4n) is 2.64. The number of nitrogens with zero attached hydrogens (tertiary/aromatic N) is 1. The minimum Gasteiger partial charge on any atom is -0.454 e. The molecule has 28 heavy (non-hydrogen) atoms. The number of hydrogen-bond donors (Lipinski definition) is 0. The molecule has 0 spiro atoms. The highest BCUT2D eigenvalue weighted by molar-refractivity contribution is 7.99. The van der Waals surface area contributed by atoms with Gasteiger partial charge in [-0.05, 0) is 61.4 Å². The van der Waals surface area contributed by atoms with Crippen molar-refractivity contribution in [1.29, 1.82) is 0 Å². The third kappa shape index (κ3) is 4.95. The van der Waals surface area contributed by atoms with Crippen LogP contribution in [0.4, 0.5) is 8.78 Å². The van der Waals surface area contributed by atoms with Gasteiger partial charge in [0.25, 0.3) is 0 Å². The number of carbonyl (C=O) groups is 1. The Morgan fingerprint density at radius 2 is 1.50 bits per heavy atom. The maximum Gasteiger partial charge on any atom is 0.341 e. The average Bonchev–Trinajstić information content (AvgIpc) is 2.69. The Labute approximate surface area is 166 Å². The first kappa shape index (κ1) is 20.0. The van der Waals surface area contributed by atoms with Crippen LogP contribution in [0.15, 0.2) is 71.9 Å². The smallest absolute Gasteiger partial charge is 0.341 e. The first-order valence-electron chi connectivity index (χ1n) is 8.77. The van der Waals surface area contributed by atoms with E-state index in [9.17, 15) is 13.6 Å². The van der Waals surface area contributed by atoms with E-state index in [0.717, 1.165) is 5.56 Å². The van der Waals surface area contributed by atoms with Crippen LogP contribution >= 0.6 is 11.8 Å². The molecule has 0 saturated heterocycles. The summed E-state index contributed by atoms with van der Waals surface area (Å²) in [6, 6.07) is 15.4. The number of thioether (sulfide) groups is 1. The zero-order valence-corrected chi connectivity index (χ0v) is 16.2. The van der Waals surface area contributed by atoms with Gasteiger partial charge in [0.2, 0.25) is 0 Å². The van der Waals surface area contributed by atoms with Gasteiger partial charge in [-0.15, -0.1) is 0 Å². The summed E-state index contributed by atoms with van der Waals surface area (Å²) in [5.74, 6) is -1.14. The SMILES string of the molecule is C[C@H](Sc1ncccc1C(=O)O[C@H](C)c1ccc(F)cc1)c1ccc(F)cc1. The summed E-state index contributed by atoms with van der Waals surface area (Å²) in [6.45, 7) is 3.69. The summed E-state index contributed by atoms with van der Waals surface area (Å²) in [4.78, 5) is 17.0. The summed E-state index contributed by atoms with van der Waals surface area (Å²) in [5.41, 5.74) is 1.99. The molecule has 6 heteroatoms. The Bertz CT molecular complexity index is 946. The van der Waals surface area contributed by atoms with Crippen molar-refractivity contribution in [3.63, 3.8) is 0 Å². The predicted octanol–water partition coefficient (Wildman–Crippen LogP) is 6.13. The molecule has 1 heterocycles. The molecule has 0 radical (unpaired) electrons. The van der Waals surface area contributed by atoms with Crippen LogP contribution in [0.1, 0.15) is 46.7 Å². The third-order valence-electron chi connectivity index (χ3n) is 4.24. The number of benzene rings is 2. The van der Waals surface area contributed by atoms with Crippen molar-refractivity contribution in [3.05, 3.63) is 95.2 Å². The highest BCUT2D eigenvalue weighted by Gasteiger charge is 2.20. The van der Waals surface area contributed by atoms with Gasteiger partial charge in [-0.3, -0.25) is 0 Å². The van der Waals surface area contributed by atoms with Crippen LogP contribution in [0.3, 0.4) is 0 Å². The maximum atomic E-state index is 13.1. The topological polar surface area (TPSA) is 39.2 Å². The van der Waals surface area contributed by atoms with Crippen molar-refractivity contribution >= 4 is 17.7 Å². The molecule has 2 aromatic carbocycles. The molecular weight excluding hydrogens is 380 g/mol. The van der Waals surface area contributed by atoms with Crippen LogP contribution in [-0.2, 0) is 4.74 Å². The van der Waals surface area contributed by atoms with Crippen LogP contribution < -0.4 is 0 Å². The van der Waals surface area contributed by atoms with E-state index in [2.05, 4.69) is 4.98 Å². The Kier molecular flexibility index (Phi) is 6.41. The number of hydrogen-bond acceptors (Lipinski definition) is 4. The lowest BCUT2D eigenvalue weighted by Crippen LogP contribution is -2.11. The normalized spacial score (nSPS) is 13.0. The van der Waals surface area contributed by atoms with E-state index in [4.69, 9.17) is 4.74 Å². The summed E-state index contributed by atoms with van der Waals surface area (Å²) < 4.78 is 31.7. The zero-order valence-electron chi connectivity index (χ0n) is 15.4. The first-order valence-corrected chi connectivity index (χ1v) is 9.65. The molecule has 144 valence electrons. The number of halogens is 2. The molecule has 3 aromatic rings. The van der Waals surface area contributed by atoms with E-state index < -0.39 is 12.1 Å². The number of rotatable bonds is 6. The van der Waals surface area contributed by atoms with E-state index in [-0.39, 0.29) is 16.9 Å². The second kappa shape index (κ2) is 8.97. The van der Waals surface area contributed by atoms with Gasteiger partial charge in [0, 0.05) is 11.4 Å². The molecule has 0 aliphatic carbocycles. The number of aromatic nitrogens is 1. The Morgan fingerprint density at radius 3 is 2.11 bits per heavy atom. The van der Waals surface area contributed by atoms with Crippen molar-refractivity contribution < 1.29 is 18.3 Å². The molecule has 0 amide bonds. The molecule has 0 fully saturated rings. The van der Waals surface area contributed by atoms with E-state index in [0.29, 0.717) is 16.2 Å². The molecule has 0 unspecified atom stereocenters. The van der Waals surface area contributed by atoms with Crippen molar-refractivity contribution in [2.45, 2.75) is 30.2 Å². The van der Waals surface area contributed by atoms with Gasteiger partial charge in [0.15, 0.2) is 0 Å². The molecule has 0 N–H and O–H groups in total. The largest absolute Gasteiger partial charge is 0.454 e. The monoisotopic (exact) mass is 399 g/mol. The van der Waals surface area contributed by atoms with Crippen molar-refractivity contribution in [3.8, 4) is 0 Å². The van der Waals surface area contributed by atoms with Crippen LogP contribution in [0.25, 0.3) is 0 Å². The van der Waals surface area contributed by atoms with Gasteiger partial charge < -0.3 is 4.74 Å². The van der Waals surface area contributed by atoms with Crippen molar-refractivity contribution in [2.24, 2.45) is 0 Å². The van der Waals surface area contributed by atoms with Crippen LogP contribution in [-0.4, -0.2) is 11.0 Å². The Hall–Kier alpha value is -2.73. The summed E-state index contributed by atoms with van der Waals surface area (Å²) in [5, 5.41) is 0.507. The predicted molar refractivity (Wildman–Crippen MR) is 105 cm³/mol. The van der Waals surface area contributed by atoms with Gasteiger partial charge in [-0.2, -0.15) is 0 Å². The molecule has 0 bridgehead atoms. The molecule has 3 nitrogen and oxygen atoms in total. The quantitative estimate of drug-likeness (QED) is 0.369. The first-order chi connectivity index (χ1) is 13.4.